The number of nitrogens with zero attached hydrogens (tertiary/aromatic N) is 1. The molecule has 3 rings (SSSR count). The van der Waals surface area contributed by atoms with Gasteiger partial charge in [0.1, 0.15) is 5.76 Å². The highest BCUT2D eigenvalue weighted by molar-refractivity contribution is 7.09. The van der Waals surface area contributed by atoms with Gasteiger partial charge in [0.15, 0.2) is 0 Å². The van der Waals surface area contributed by atoms with Crippen LogP contribution in [0.25, 0.3) is 0 Å². The van der Waals surface area contributed by atoms with Crippen molar-refractivity contribution in [2.45, 2.75) is 31.3 Å². The molecule has 96 valence electrons. The Kier molecular flexibility index (Phi) is 3.45. The van der Waals surface area contributed by atoms with Crippen molar-refractivity contribution in [2.75, 3.05) is 6.61 Å². The summed E-state index contributed by atoms with van der Waals surface area (Å²) in [5.74, 6) is 1.47. The van der Waals surface area contributed by atoms with Crippen LogP contribution < -0.4 is 5.32 Å². The third kappa shape index (κ3) is 2.63. The predicted molar refractivity (Wildman–Crippen MR) is 69.5 cm³/mol. The van der Waals surface area contributed by atoms with Crippen molar-refractivity contribution in [3.05, 3.63) is 40.2 Å². The quantitative estimate of drug-likeness (QED) is 0.841. The van der Waals surface area contributed by atoms with Gasteiger partial charge in [-0.15, -0.1) is 11.3 Å². The number of aromatic nitrogens is 1. The molecule has 1 fully saturated rings. The van der Waals surface area contributed by atoms with Gasteiger partial charge in [0.2, 0.25) is 0 Å². The first-order valence-corrected chi connectivity index (χ1v) is 7.06. The smallest absolute Gasteiger partial charge is 0.123 e. The number of nitrogens with one attached hydrogen (secondary N) is 1. The van der Waals surface area contributed by atoms with Gasteiger partial charge in [-0.3, -0.25) is 5.32 Å². The van der Waals surface area contributed by atoms with Gasteiger partial charge in [-0.1, -0.05) is 0 Å². The Morgan fingerprint density at radius 1 is 1.56 bits per heavy atom. The molecule has 18 heavy (non-hydrogen) atoms. The van der Waals surface area contributed by atoms with Gasteiger partial charge < -0.3 is 9.52 Å². The molecule has 2 aromatic rings. The molecule has 0 saturated heterocycles. The third-order valence-corrected chi connectivity index (χ3v) is 4.15. The van der Waals surface area contributed by atoms with E-state index >= 15 is 0 Å². The Hall–Kier alpha value is -1.17. The van der Waals surface area contributed by atoms with Crippen molar-refractivity contribution in [2.24, 2.45) is 0 Å². The zero-order chi connectivity index (χ0) is 12.4. The normalized spacial score (nSPS) is 16.9. The maximum Gasteiger partial charge on any atom is 0.123 e. The summed E-state index contributed by atoms with van der Waals surface area (Å²) in [5.41, 5.74) is 1.05. The first-order valence-electron chi connectivity index (χ1n) is 6.18. The van der Waals surface area contributed by atoms with Gasteiger partial charge in [0, 0.05) is 17.8 Å². The van der Waals surface area contributed by atoms with Gasteiger partial charge in [0.05, 0.1) is 29.6 Å². The molecule has 5 heteroatoms. The molecule has 2 heterocycles. The summed E-state index contributed by atoms with van der Waals surface area (Å²) in [7, 11) is 0. The lowest BCUT2D eigenvalue weighted by atomic mass is 10.2. The molecule has 1 unspecified atom stereocenters. The van der Waals surface area contributed by atoms with E-state index in [4.69, 9.17) is 4.42 Å². The molecule has 0 bridgehead atoms. The van der Waals surface area contributed by atoms with Crippen LogP contribution in [0.15, 0.2) is 28.2 Å². The van der Waals surface area contributed by atoms with Crippen molar-refractivity contribution >= 4 is 11.3 Å². The number of hydrogen-bond donors (Lipinski definition) is 2. The molecular weight excluding hydrogens is 248 g/mol. The molecule has 0 spiro atoms. The Morgan fingerprint density at radius 2 is 2.44 bits per heavy atom. The number of aliphatic hydroxyl groups is 1. The van der Waals surface area contributed by atoms with Crippen LogP contribution in [0, 0.1) is 0 Å². The van der Waals surface area contributed by atoms with E-state index in [0.717, 1.165) is 11.5 Å². The fourth-order valence-corrected chi connectivity index (χ4v) is 2.88. The van der Waals surface area contributed by atoms with Crippen molar-refractivity contribution in [1.82, 2.24) is 10.3 Å². The predicted octanol–water partition coefficient (Wildman–Crippen LogP) is 2.44. The molecule has 1 aliphatic rings. The van der Waals surface area contributed by atoms with Crippen LogP contribution in [0.5, 0.6) is 0 Å². The Labute approximate surface area is 110 Å². The summed E-state index contributed by atoms with van der Waals surface area (Å²) in [5, 5.41) is 15.9. The second-order valence-electron chi connectivity index (χ2n) is 4.58. The summed E-state index contributed by atoms with van der Waals surface area (Å²) < 4.78 is 5.29. The molecule has 0 aromatic carbocycles. The van der Waals surface area contributed by atoms with Crippen LogP contribution in [-0.4, -0.2) is 16.7 Å². The summed E-state index contributed by atoms with van der Waals surface area (Å²) in [6, 6.07) is 3.53. The highest BCUT2D eigenvalue weighted by Crippen LogP contribution is 2.41. The zero-order valence-electron chi connectivity index (χ0n) is 10.0. The SMILES string of the molecule is OCC(NCc1csc(C2CC2)n1)c1ccco1. The van der Waals surface area contributed by atoms with E-state index in [1.807, 2.05) is 12.1 Å². The van der Waals surface area contributed by atoms with Crippen molar-refractivity contribution in [3.63, 3.8) is 0 Å². The number of furan rings is 1. The van der Waals surface area contributed by atoms with Gasteiger partial charge in [0.25, 0.3) is 0 Å². The average molecular weight is 264 g/mol. The standard InChI is InChI=1S/C13H16N2O2S/c16-7-11(12-2-1-5-17-12)14-6-10-8-18-13(15-10)9-3-4-9/h1-2,5,8-9,11,14,16H,3-4,6-7H2. The van der Waals surface area contributed by atoms with E-state index in [0.29, 0.717) is 12.5 Å². The minimum Gasteiger partial charge on any atom is -0.468 e. The van der Waals surface area contributed by atoms with Gasteiger partial charge in [-0.25, -0.2) is 4.98 Å². The minimum atomic E-state index is -0.161. The van der Waals surface area contributed by atoms with Gasteiger partial charge in [-0.05, 0) is 25.0 Å². The van der Waals surface area contributed by atoms with Crippen molar-refractivity contribution in [3.8, 4) is 0 Å². The number of hydrogen-bond acceptors (Lipinski definition) is 5. The maximum absolute atomic E-state index is 9.34. The Bertz CT molecular complexity index is 491. The van der Waals surface area contributed by atoms with Crippen LogP contribution in [0.2, 0.25) is 0 Å². The lowest BCUT2D eigenvalue weighted by Gasteiger charge is -2.12. The first kappa shape index (κ1) is 11.9. The summed E-state index contributed by atoms with van der Waals surface area (Å²) in [4.78, 5) is 4.60. The number of thiazole rings is 1. The summed E-state index contributed by atoms with van der Waals surface area (Å²) in [6.07, 6.45) is 4.19. The Balaban J connectivity index is 1.58. The third-order valence-electron chi connectivity index (χ3n) is 3.09. The fraction of sp³-hybridized carbons (Fsp3) is 0.462. The zero-order valence-corrected chi connectivity index (χ0v) is 10.8. The van der Waals surface area contributed by atoms with Gasteiger partial charge in [-0.2, -0.15) is 0 Å². The van der Waals surface area contributed by atoms with Crippen LogP contribution in [0.4, 0.5) is 0 Å². The second kappa shape index (κ2) is 5.22. The molecule has 0 radical (unpaired) electrons. The van der Waals surface area contributed by atoms with E-state index in [-0.39, 0.29) is 12.6 Å². The monoisotopic (exact) mass is 264 g/mol. The highest BCUT2D eigenvalue weighted by Gasteiger charge is 2.26. The largest absolute Gasteiger partial charge is 0.468 e. The first-order chi connectivity index (χ1) is 8.86. The minimum absolute atomic E-state index is 0.0210. The number of rotatable bonds is 6. The molecule has 2 aromatic heterocycles. The lowest BCUT2D eigenvalue weighted by molar-refractivity contribution is 0.225. The van der Waals surface area contributed by atoms with Crippen molar-refractivity contribution < 1.29 is 9.52 Å². The topological polar surface area (TPSA) is 58.3 Å². The summed E-state index contributed by atoms with van der Waals surface area (Å²) in [6.45, 7) is 0.683. The maximum atomic E-state index is 9.34. The van der Waals surface area contributed by atoms with E-state index in [1.54, 1.807) is 17.6 Å². The summed E-state index contributed by atoms with van der Waals surface area (Å²) >= 11 is 1.74. The van der Waals surface area contributed by atoms with E-state index in [1.165, 1.54) is 17.8 Å². The fourth-order valence-electron chi connectivity index (χ4n) is 1.89. The molecule has 0 aliphatic heterocycles. The van der Waals surface area contributed by atoms with Crippen LogP contribution >= 0.6 is 11.3 Å². The second-order valence-corrected chi connectivity index (χ2v) is 5.47. The number of aliphatic hydroxyl groups excluding tert-OH is 1. The van der Waals surface area contributed by atoms with Crippen LogP contribution in [0.1, 0.15) is 41.3 Å². The van der Waals surface area contributed by atoms with E-state index in [9.17, 15) is 5.11 Å². The van der Waals surface area contributed by atoms with E-state index < -0.39 is 0 Å². The lowest BCUT2D eigenvalue weighted by Crippen LogP contribution is -2.23. The molecule has 1 aliphatic carbocycles. The molecule has 1 atom stereocenters. The molecule has 2 N–H and O–H groups in total. The van der Waals surface area contributed by atoms with Crippen LogP contribution in [0.3, 0.4) is 0 Å². The van der Waals surface area contributed by atoms with Crippen molar-refractivity contribution in [1.29, 1.82) is 0 Å². The van der Waals surface area contributed by atoms with Crippen LogP contribution in [-0.2, 0) is 6.54 Å². The molecule has 1 saturated carbocycles. The molecular formula is C13H16N2O2S. The Morgan fingerprint density at radius 3 is 3.11 bits per heavy atom. The van der Waals surface area contributed by atoms with Gasteiger partial charge >= 0.3 is 0 Å². The average Bonchev–Trinajstić information content (AvgIpc) is 2.93. The van der Waals surface area contributed by atoms with E-state index in [2.05, 4.69) is 15.7 Å². The highest BCUT2D eigenvalue weighted by atomic mass is 32.1. The molecule has 0 amide bonds. The molecule has 4 nitrogen and oxygen atoms in total.